The molecule has 0 spiro atoms. The van der Waals surface area contributed by atoms with Crippen molar-refractivity contribution < 1.29 is 9.84 Å². The van der Waals surface area contributed by atoms with Gasteiger partial charge in [0.2, 0.25) is 0 Å². The number of hydrogen-bond acceptors (Lipinski definition) is 5. The maximum Gasteiger partial charge on any atom is 0.119 e. The van der Waals surface area contributed by atoms with E-state index < -0.39 is 6.10 Å². The second kappa shape index (κ2) is 8.29. The summed E-state index contributed by atoms with van der Waals surface area (Å²) in [6, 6.07) is 12.2. The zero-order valence-electron chi connectivity index (χ0n) is 13.6. The minimum Gasteiger partial charge on any atom is -0.491 e. The third kappa shape index (κ3) is 4.35. The molecular formula is C19H22N2O2S. The van der Waals surface area contributed by atoms with Gasteiger partial charge in [-0.05, 0) is 59.5 Å². The van der Waals surface area contributed by atoms with Crippen molar-refractivity contribution in [1.29, 1.82) is 5.26 Å². The molecule has 0 radical (unpaired) electrons. The summed E-state index contributed by atoms with van der Waals surface area (Å²) in [5, 5.41) is 23.3. The van der Waals surface area contributed by atoms with Crippen LogP contribution in [0.1, 0.15) is 30.0 Å². The lowest BCUT2D eigenvalue weighted by Crippen LogP contribution is -2.35. The molecule has 0 unspecified atom stereocenters. The van der Waals surface area contributed by atoms with Gasteiger partial charge < -0.3 is 9.84 Å². The molecule has 0 saturated carbocycles. The lowest BCUT2D eigenvalue weighted by molar-refractivity contribution is 0.0639. The molecule has 0 amide bonds. The van der Waals surface area contributed by atoms with Crippen LogP contribution in [0.15, 0.2) is 41.1 Å². The van der Waals surface area contributed by atoms with E-state index in [-0.39, 0.29) is 6.61 Å². The molecule has 126 valence electrons. The van der Waals surface area contributed by atoms with Crippen molar-refractivity contribution in [2.45, 2.75) is 31.4 Å². The number of nitrogens with zero attached hydrogens (tertiary/aromatic N) is 2. The van der Waals surface area contributed by atoms with Gasteiger partial charge in [-0.25, -0.2) is 0 Å². The molecule has 24 heavy (non-hydrogen) atoms. The normalized spacial score (nSPS) is 19.1. The molecule has 5 heteroatoms. The summed E-state index contributed by atoms with van der Waals surface area (Å²) >= 11 is 1.73. The molecule has 1 aromatic heterocycles. The molecule has 1 N–H and O–H groups in total. The third-order valence-corrected chi connectivity index (χ3v) is 5.09. The second-order valence-electron chi connectivity index (χ2n) is 6.15. The zero-order chi connectivity index (χ0) is 16.8. The molecule has 0 bridgehead atoms. The first-order valence-corrected chi connectivity index (χ1v) is 9.23. The van der Waals surface area contributed by atoms with Crippen LogP contribution in [0.5, 0.6) is 5.75 Å². The van der Waals surface area contributed by atoms with Crippen LogP contribution >= 0.6 is 11.3 Å². The number of ether oxygens (including phenoxy) is 1. The number of nitriles is 1. The first kappa shape index (κ1) is 17.0. The predicted molar refractivity (Wildman–Crippen MR) is 95.1 cm³/mol. The average molecular weight is 342 g/mol. The highest BCUT2D eigenvalue weighted by atomic mass is 32.1. The van der Waals surface area contributed by atoms with E-state index in [0.29, 0.717) is 19.0 Å². The maximum absolute atomic E-state index is 10.3. The van der Waals surface area contributed by atoms with Gasteiger partial charge in [0.25, 0.3) is 0 Å². The van der Waals surface area contributed by atoms with Crippen LogP contribution < -0.4 is 4.74 Å². The van der Waals surface area contributed by atoms with Crippen LogP contribution in [0.3, 0.4) is 0 Å². The van der Waals surface area contributed by atoms with Gasteiger partial charge in [0.15, 0.2) is 0 Å². The standard InChI is InChI=1S/C19H22N2O2S/c20-9-7-15-3-5-18(6-4-15)23-13-17(22)12-21-10-1-2-19(21)16-8-11-24-14-16/h3-6,8,11,14,17,19,22H,1-2,7,10,12-13H2/t17-,19-/m0/s1. The van der Waals surface area contributed by atoms with E-state index in [9.17, 15) is 5.11 Å². The topological polar surface area (TPSA) is 56.5 Å². The van der Waals surface area contributed by atoms with Crippen molar-refractivity contribution in [1.82, 2.24) is 4.90 Å². The summed E-state index contributed by atoms with van der Waals surface area (Å²) in [7, 11) is 0. The number of thiophene rings is 1. The molecule has 1 saturated heterocycles. The molecule has 2 heterocycles. The van der Waals surface area contributed by atoms with Crippen LogP contribution in [-0.4, -0.2) is 35.8 Å². The van der Waals surface area contributed by atoms with Crippen molar-refractivity contribution >= 4 is 11.3 Å². The fourth-order valence-corrected chi connectivity index (χ4v) is 3.90. The average Bonchev–Trinajstić information content (AvgIpc) is 3.25. The van der Waals surface area contributed by atoms with E-state index in [1.165, 1.54) is 12.0 Å². The van der Waals surface area contributed by atoms with Gasteiger partial charge >= 0.3 is 0 Å². The Balaban J connectivity index is 1.48. The molecule has 0 aliphatic carbocycles. The summed E-state index contributed by atoms with van der Waals surface area (Å²) in [5.41, 5.74) is 2.33. The van der Waals surface area contributed by atoms with E-state index in [4.69, 9.17) is 10.00 Å². The lowest BCUT2D eigenvalue weighted by atomic mass is 10.1. The highest BCUT2D eigenvalue weighted by Gasteiger charge is 2.27. The van der Waals surface area contributed by atoms with Crippen molar-refractivity contribution in [3.8, 4) is 11.8 Å². The van der Waals surface area contributed by atoms with Gasteiger partial charge in [-0.3, -0.25) is 4.90 Å². The summed E-state index contributed by atoms with van der Waals surface area (Å²) in [4.78, 5) is 2.35. The Bertz CT molecular complexity index is 664. The number of aliphatic hydroxyl groups excluding tert-OH is 1. The van der Waals surface area contributed by atoms with Crippen LogP contribution in [0, 0.1) is 11.3 Å². The van der Waals surface area contributed by atoms with Crippen molar-refractivity contribution in [2.24, 2.45) is 0 Å². The molecule has 1 aromatic carbocycles. The lowest BCUT2D eigenvalue weighted by Gasteiger charge is -2.26. The Hall–Kier alpha value is -1.87. The van der Waals surface area contributed by atoms with Crippen LogP contribution in [-0.2, 0) is 6.42 Å². The molecular weight excluding hydrogens is 320 g/mol. The smallest absolute Gasteiger partial charge is 0.119 e. The molecule has 1 aliphatic rings. The van der Waals surface area contributed by atoms with Crippen LogP contribution in [0.4, 0.5) is 0 Å². The Morgan fingerprint density at radius 3 is 2.88 bits per heavy atom. The minimum absolute atomic E-state index is 0.282. The zero-order valence-corrected chi connectivity index (χ0v) is 14.4. The number of β-amino-alcohol motifs (C(OH)–C–C–N with tert-alkyl or cyclic N) is 1. The molecule has 2 aromatic rings. The van der Waals surface area contributed by atoms with Gasteiger partial charge in [-0.1, -0.05) is 12.1 Å². The highest BCUT2D eigenvalue weighted by molar-refractivity contribution is 7.07. The molecule has 1 fully saturated rings. The Kier molecular flexibility index (Phi) is 5.86. The summed E-state index contributed by atoms with van der Waals surface area (Å²) in [6.45, 7) is 1.94. The molecule has 3 rings (SSSR count). The van der Waals surface area contributed by atoms with E-state index in [2.05, 4.69) is 27.8 Å². The summed E-state index contributed by atoms with van der Waals surface area (Å²) in [6.07, 6.45) is 2.23. The Morgan fingerprint density at radius 2 is 2.17 bits per heavy atom. The third-order valence-electron chi connectivity index (χ3n) is 4.39. The number of aliphatic hydroxyl groups is 1. The quantitative estimate of drug-likeness (QED) is 0.838. The summed E-state index contributed by atoms with van der Waals surface area (Å²) in [5.74, 6) is 0.728. The van der Waals surface area contributed by atoms with E-state index in [1.807, 2.05) is 24.3 Å². The molecule has 4 nitrogen and oxygen atoms in total. The predicted octanol–water partition coefficient (Wildman–Crippen LogP) is 3.39. The van der Waals surface area contributed by atoms with E-state index >= 15 is 0 Å². The highest BCUT2D eigenvalue weighted by Crippen LogP contribution is 2.32. The molecule has 2 atom stereocenters. The van der Waals surface area contributed by atoms with Crippen molar-refractivity contribution in [3.63, 3.8) is 0 Å². The van der Waals surface area contributed by atoms with Crippen LogP contribution in [0.25, 0.3) is 0 Å². The van der Waals surface area contributed by atoms with Gasteiger partial charge in [-0.15, -0.1) is 0 Å². The summed E-state index contributed by atoms with van der Waals surface area (Å²) < 4.78 is 5.68. The number of benzene rings is 1. The largest absolute Gasteiger partial charge is 0.491 e. The SMILES string of the molecule is N#CCc1ccc(OC[C@@H](O)CN2CCC[C@H]2c2ccsc2)cc1. The molecule has 1 aliphatic heterocycles. The van der Waals surface area contributed by atoms with E-state index in [1.54, 1.807) is 11.3 Å². The monoisotopic (exact) mass is 342 g/mol. The van der Waals surface area contributed by atoms with Crippen molar-refractivity contribution in [3.05, 3.63) is 52.2 Å². The van der Waals surface area contributed by atoms with Gasteiger partial charge in [0.1, 0.15) is 18.5 Å². The van der Waals surface area contributed by atoms with Gasteiger partial charge in [0.05, 0.1) is 12.5 Å². The minimum atomic E-state index is -0.511. The van der Waals surface area contributed by atoms with Crippen LogP contribution in [0.2, 0.25) is 0 Å². The first-order valence-electron chi connectivity index (χ1n) is 8.29. The fourth-order valence-electron chi connectivity index (χ4n) is 3.20. The fraction of sp³-hybridized carbons (Fsp3) is 0.421. The maximum atomic E-state index is 10.3. The number of hydrogen-bond donors (Lipinski definition) is 1. The second-order valence-corrected chi connectivity index (χ2v) is 6.93. The number of likely N-dealkylation sites (tertiary alicyclic amines) is 1. The van der Waals surface area contributed by atoms with Crippen molar-refractivity contribution in [2.75, 3.05) is 19.7 Å². The first-order chi connectivity index (χ1) is 11.8. The Labute approximate surface area is 146 Å². The van der Waals surface area contributed by atoms with Gasteiger partial charge in [0, 0.05) is 12.6 Å². The van der Waals surface area contributed by atoms with E-state index in [0.717, 1.165) is 24.3 Å². The number of rotatable bonds is 7. The van der Waals surface area contributed by atoms with Gasteiger partial charge in [-0.2, -0.15) is 16.6 Å². The Morgan fingerprint density at radius 1 is 1.33 bits per heavy atom.